The van der Waals surface area contributed by atoms with Crippen molar-refractivity contribution in [1.82, 2.24) is 0 Å². The Morgan fingerprint density at radius 1 is 1.09 bits per heavy atom. The number of fused-ring (bicyclic) bond motifs is 3. The van der Waals surface area contributed by atoms with E-state index in [9.17, 15) is 0 Å². The lowest BCUT2D eigenvalue weighted by Crippen LogP contribution is -2.39. The maximum atomic E-state index is 6.58. The second-order valence-electron chi connectivity index (χ2n) is 12.1. The molecule has 4 rings (SSSR count). The van der Waals surface area contributed by atoms with Gasteiger partial charge in [0.15, 0.2) is 0 Å². The van der Waals surface area contributed by atoms with E-state index in [1.807, 2.05) is 11.8 Å². The van der Waals surface area contributed by atoms with Crippen LogP contribution in [0.2, 0.25) is 5.02 Å². The van der Waals surface area contributed by atoms with Gasteiger partial charge in [-0.3, -0.25) is 0 Å². The van der Waals surface area contributed by atoms with Gasteiger partial charge >= 0.3 is 0 Å². The van der Waals surface area contributed by atoms with Crippen LogP contribution in [0.15, 0.2) is 65.1 Å². The lowest BCUT2D eigenvalue weighted by molar-refractivity contribution is 0.117. The topological polar surface area (TPSA) is 0 Å². The van der Waals surface area contributed by atoms with E-state index in [4.69, 9.17) is 11.6 Å². The van der Waals surface area contributed by atoms with Crippen LogP contribution in [0, 0.1) is 42.4 Å². The van der Waals surface area contributed by atoms with Gasteiger partial charge < -0.3 is 0 Å². The Balaban J connectivity index is 1.49. The van der Waals surface area contributed by atoms with Gasteiger partial charge in [-0.25, -0.2) is 0 Å². The van der Waals surface area contributed by atoms with Gasteiger partial charge in [-0.15, -0.1) is 11.8 Å². The zero-order valence-corrected chi connectivity index (χ0v) is 23.5. The SMILES string of the molecule is C=C1C=CC2(C)C(=C1)CCC1CCCC(C(=C)CSc3cc(C)c(C)cc3Cl)C(C)(C)CCC12. The fraction of sp³-hybridized carbons (Fsp3) is 0.562. The molecule has 4 atom stereocenters. The number of aryl methyl sites for hydroxylation is 2. The van der Waals surface area contributed by atoms with Crippen molar-refractivity contribution in [2.45, 2.75) is 84.5 Å². The molecule has 0 aliphatic heterocycles. The summed E-state index contributed by atoms with van der Waals surface area (Å²) in [5.74, 6) is 3.10. The largest absolute Gasteiger partial charge is 0.120 e. The van der Waals surface area contributed by atoms with E-state index in [-0.39, 0.29) is 10.8 Å². The summed E-state index contributed by atoms with van der Waals surface area (Å²) in [4.78, 5) is 1.19. The quantitative estimate of drug-likeness (QED) is 0.296. The molecule has 2 heteroatoms. The minimum Gasteiger partial charge on any atom is -0.120 e. The van der Waals surface area contributed by atoms with E-state index in [0.717, 1.165) is 22.6 Å². The number of halogens is 1. The first-order chi connectivity index (χ1) is 16.0. The summed E-state index contributed by atoms with van der Waals surface area (Å²) in [5, 5.41) is 0.874. The average molecular weight is 495 g/mol. The van der Waals surface area contributed by atoms with Gasteiger partial charge in [0.05, 0.1) is 5.02 Å². The molecule has 0 N–H and O–H groups in total. The first-order valence-corrected chi connectivity index (χ1v) is 14.5. The van der Waals surface area contributed by atoms with Crippen molar-refractivity contribution in [2.24, 2.45) is 28.6 Å². The van der Waals surface area contributed by atoms with Crippen LogP contribution in [0.1, 0.15) is 76.8 Å². The lowest BCUT2D eigenvalue weighted by Gasteiger charge is -2.48. The zero-order valence-electron chi connectivity index (χ0n) is 22.0. The van der Waals surface area contributed by atoms with Crippen molar-refractivity contribution in [3.05, 3.63) is 76.4 Å². The fourth-order valence-corrected chi connectivity index (χ4v) is 8.38. The van der Waals surface area contributed by atoms with E-state index in [1.165, 1.54) is 72.1 Å². The highest BCUT2D eigenvalue weighted by atomic mass is 35.5. The molecule has 0 aromatic heterocycles. The highest BCUT2D eigenvalue weighted by Gasteiger charge is 2.46. The number of rotatable bonds is 4. The minimum atomic E-state index is 0.215. The van der Waals surface area contributed by atoms with Crippen LogP contribution in [-0.2, 0) is 0 Å². The Kier molecular flexibility index (Phi) is 7.66. The molecule has 1 aromatic rings. The molecule has 4 unspecified atom stereocenters. The van der Waals surface area contributed by atoms with Crippen molar-refractivity contribution in [3.8, 4) is 0 Å². The van der Waals surface area contributed by atoms with E-state index < -0.39 is 0 Å². The number of hydrogen-bond donors (Lipinski definition) is 0. The third-order valence-corrected chi connectivity index (χ3v) is 11.0. The lowest BCUT2D eigenvalue weighted by atomic mass is 9.56. The Morgan fingerprint density at radius 2 is 1.82 bits per heavy atom. The van der Waals surface area contributed by atoms with E-state index in [0.29, 0.717) is 5.92 Å². The molecule has 1 aromatic carbocycles. The van der Waals surface area contributed by atoms with Gasteiger partial charge in [0.2, 0.25) is 0 Å². The van der Waals surface area contributed by atoms with Gasteiger partial charge in [-0.05, 0) is 98.0 Å². The van der Waals surface area contributed by atoms with Gasteiger partial charge in [0, 0.05) is 16.1 Å². The molecular formula is C32H43ClS. The normalized spacial score (nSPS) is 30.9. The van der Waals surface area contributed by atoms with Crippen LogP contribution in [0.3, 0.4) is 0 Å². The molecule has 184 valence electrons. The van der Waals surface area contributed by atoms with Crippen molar-refractivity contribution in [1.29, 1.82) is 0 Å². The highest BCUT2D eigenvalue weighted by Crippen LogP contribution is 2.56. The summed E-state index contributed by atoms with van der Waals surface area (Å²) in [6.07, 6.45) is 16.3. The van der Waals surface area contributed by atoms with Crippen LogP contribution in [0.4, 0.5) is 0 Å². The number of allylic oxidation sites excluding steroid dienone is 5. The predicted octanol–water partition coefficient (Wildman–Crippen LogP) is 10.3. The van der Waals surface area contributed by atoms with Crippen molar-refractivity contribution in [3.63, 3.8) is 0 Å². The standard InChI is InChI=1S/C32H43ClS/c1-21-13-16-32(7)26(17-21)12-11-25-9-8-10-27(31(5,6)15-14-28(25)32)24(4)20-34-30-19-23(3)22(2)18-29(30)33/h13,16-19,25,27-28H,1,4,8-12,14-15,20H2,2-3,5-7H3. The Labute approximate surface area is 218 Å². The molecular weight excluding hydrogens is 452 g/mol. The minimum absolute atomic E-state index is 0.215. The molecule has 34 heavy (non-hydrogen) atoms. The van der Waals surface area contributed by atoms with Crippen LogP contribution in [0.5, 0.6) is 0 Å². The summed E-state index contributed by atoms with van der Waals surface area (Å²) in [7, 11) is 0. The van der Waals surface area contributed by atoms with Crippen LogP contribution in [-0.4, -0.2) is 5.75 Å². The molecule has 0 nitrogen and oxygen atoms in total. The Morgan fingerprint density at radius 3 is 2.59 bits per heavy atom. The van der Waals surface area contributed by atoms with E-state index in [1.54, 1.807) is 5.57 Å². The molecule has 0 amide bonds. The van der Waals surface area contributed by atoms with Gasteiger partial charge in [0.25, 0.3) is 0 Å². The van der Waals surface area contributed by atoms with Gasteiger partial charge in [0.1, 0.15) is 0 Å². The number of hydrogen-bond acceptors (Lipinski definition) is 1. The smallest absolute Gasteiger partial charge is 0.0544 e. The van der Waals surface area contributed by atoms with Crippen LogP contribution in [0.25, 0.3) is 0 Å². The van der Waals surface area contributed by atoms with Crippen molar-refractivity contribution in [2.75, 3.05) is 5.75 Å². The summed E-state index contributed by atoms with van der Waals surface area (Å²) in [6.45, 7) is 20.7. The number of thioether (sulfide) groups is 1. The monoisotopic (exact) mass is 494 g/mol. The number of benzene rings is 1. The molecule has 0 spiro atoms. The Bertz CT molecular complexity index is 1030. The van der Waals surface area contributed by atoms with Crippen molar-refractivity contribution >= 4 is 23.4 Å². The molecule has 0 heterocycles. The Hall–Kier alpha value is -1.18. The first-order valence-electron chi connectivity index (χ1n) is 13.2. The first kappa shape index (κ1) is 25.9. The zero-order chi connectivity index (χ0) is 24.7. The maximum Gasteiger partial charge on any atom is 0.0544 e. The maximum absolute atomic E-state index is 6.58. The van der Waals surface area contributed by atoms with Crippen LogP contribution < -0.4 is 0 Å². The highest BCUT2D eigenvalue weighted by molar-refractivity contribution is 7.99. The molecule has 2 fully saturated rings. The third-order valence-electron chi connectivity index (χ3n) is 9.38. The second kappa shape index (κ2) is 10.1. The summed E-state index contributed by atoms with van der Waals surface area (Å²) >= 11 is 8.45. The van der Waals surface area contributed by atoms with Gasteiger partial charge in [-0.2, -0.15) is 0 Å². The molecule has 0 bridgehead atoms. The van der Waals surface area contributed by atoms with E-state index in [2.05, 4.69) is 78.1 Å². The molecule has 0 saturated heterocycles. The molecule has 3 aliphatic carbocycles. The van der Waals surface area contributed by atoms with Gasteiger partial charge in [-0.1, -0.05) is 87.7 Å². The summed E-state index contributed by atoms with van der Waals surface area (Å²) in [6, 6.07) is 4.35. The van der Waals surface area contributed by atoms with Crippen molar-refractivity contribution < 1.29 is 0 Å². The molecule has 2 saturated carbocycles. The summed E-state index contributed by atoms with van der Waals surface area (Å²) < 4.78 is 0. The molecule has 0 radical (unpaired) electrons. The molecule has 3 aliphatic rings. The summed E-state index contributed by atoms with van der Waals surface area (Å²) in [5.41, 5.74) is 7.25. The second-order valence-corrected chi connectivity index (χ2v) is 13.5. The fourth-order valence-electron chi connectivity index (χ4n) is 7.00. The predicted molar refractivity (Wildman–Crippen MR) is 152 cm³/mol. The van der Waals surface area contributed by atoms with Crippen LogP contribution >= 0.6 is 23.4 Å². The van der Waals surface area contributed by atoms with E-state index >= 15 is 0 Å². The average Bonchev–Trinajstić information content (AvgIpc) is 2.83. The third kappa shape index (κ3) is 5.17.